The molecule has 0 aliphatic carbocycles. The van der Waals surface area contributed by atoms with Gasteiger partial charge in [-0.25, -0.2) is 0 Å². The summed E-state index contributed by atoms with van der Waals surface area (Å²) < 4.78 is 4.90. The Morgan fingerprint density at radius 2 is 0.741 bits per heavy atom. The molecule has 0 saturated carbocycles. The van der Waals surface area contributed by atoms with Gasteiger partial charge in [0.1, 0.15) is 0 Å². The van der Waals surface area contributed by atoms with Crippen molar-refractivity contribution in [3.63, 3.8) is 0 Å². The van der Waals surface area contributed by atoms with Crippen LogP contribution < -0.4 is 0 Å². The van der Waals surface area contributed by atoms with Gasteiger partial charge in [0, 0.05) is 32.9 Å². The van der Waals surface area contributed by atoms with Crippen molar-refractivity contribution in [2.24, 2.45) is 0 Å². The maximum atomic E-state index is 2.47. The highest BCUT2D eigenvalue weighted by atomic mass is 15.0. The van der Waals surface area contributed by atoms with E-state index in [1.54, 1.807) is 0 Å². The molecule has 2 heterocycles. The number of para-hydroxylation sites is 2. The predicted molar refractivity (Wildman–Crippen MR) is 229 cm³/mol. The topological polar surface area (TPSA) is 9.86 Å². The molecule has 0 saturated heterocycles. The second-order valence-corrected chi connectivity index (χ2v) is 14.2. The summed E-state index contributed by atoms with van der Waals surface area (Å²) in [7, 11) is 0. The summed E-state index contributed by atoms with van der Waals surface area (Å²) in [6.45, 7) is 0. The predicted octanol–water partition coefficient (Wildman–Crippen LogP) is 14.0. The normalized spacial score (nSPS) is 11.7. The SMILES string of the molecule is c1ccc(-c2ccc(-c3ccc(-n4c5ccccc5c5c4ccc4c6ccccc6n(-c6ccc(-c7ccc8ccccc8c7)cc6)c45)cc3)cc2)cc1. The molecule has 54 heavy (non-hydrogen) atoms. The summed E-state index contributed by atoms with van der Waals surface area (Å²) in [5, 5.41) is 7.54. The van der Waals surface area contributed by atoms with Crippen molar-refractivity contribution >= 4 is 54.4 Å². The molecular formula is C52H34N2. The van der Waals surface area contributed by atoms with E-state index in [-0.39, 0.29) is 0 Å². The molecular weight excluding hydrogens is 653 g/mol. The summed E-state index contributed by atoms with van der Waals surface area (Å²) in [4.78, 5) is 0. The molecule has 0 N–H and O–H groups in total. The number of hydrogen-bond acceptors (Lipinski definition) is 0. The van der Waals surface area contributed by atoms with Crippen molar-refractivity contribution in [1.29, 1.82) is 0 Å². The van der Waals surface area contributed by atoms with Crippen LogP contribution in [0.3, 0.4) is 0 Å². The number of benzene rings is 9. The van der Waals surface area contributed by atoms with E-state index >= 15 is 0 Å². The first-order valence-electron chi connectivity index (χ1n) is 18.6. The minimum atomic E-state index is 1.15. The standard InChI is InChI=1S/C52H34N2/c1-2-10-35(11-3-1)37-18-20-38(21-19-37)39-24-28-43(29-25-39)53-49-17-9-7-15-47(49)51-50(53)33-32-46-45-14-6-8-16-48(45)54(52(46)51)44-30-26-40(27-31-44)42-23-22-36-12-4-5-13-41(36)34-42/h1-34H. The fraction of sp³-hybridized carbons (Fsp3) is 0. The molecule has 0 spiro atoms. The maximum absolute atomic E-state index is 2.47. The molecule has 0 atom stereocenters. The molecule has 252 valence electrons. The van der Waals surface area contributed by atoms with Crippen LogP contribution in [-0.2, 0) is 0 Å². The van der Waals surface area contributed by atoms with E-state index < -0.39 is 0 Å². The zero-order chi connectivity index (χ0) is 35.6. The molecule has 9 aromatic carbocycles. The lowest BCUT2D eigenvalue weighted by atomic mass is 10.0. The van der Waals surface area contributed by atoms with Crippen LogP contribution in [-0.4, -0.2) is 9.13 Å². The van der Waals surface area contributed by atoms with Gasteiger partial charge in [-0.05, 0) is 92.7 Å². The van der Waals surface area contributed by atoms with Crippen molar-refractivity contribution in [3.05, 3.63) is 206 Å². The molecule has 0 aliphatic rings. The van der Waals surface area contributed by atoms with E-state index in [9.17, 15) is 0 Å². The Labute approximate surface area is 313 Å². The zero-order valence-electron chi connectivity index (χ0n) is 29.5. The third-order valence-electron chi connectivity index (χ3n) is 11.1. The Bertz CT molecular complexity index is 3160. The van der Waals surface area contributed by atoms with E-state index in [4.69, 9.17) is 0 Å². The van der Waals surface area contributed by atoms with E-state index in [0.717, 1.165) is 11.4 Å². The van der Waals surface area contributed by atoms with Crippen LogP contribution in [0.2, 0.25) is 0 Å². The first-order chi connectivity index (χ1) is 26.8. The van der Waals surface area contributed by atoms with Crippen molar-refractivity contribution in [2.75, 3.05) is 0 Å². The van der Waals surface area contributed by atoms with Crippen LogP contribution in [0, 0.1) is 0 Å². The summed E-state index contributed by atoms with van der Waals surface area (Å²) in [5.74, 6) is 0. The summed E-state index contributed by atoms with van der Waals surface area (Å²) in [5.41, 5.74) is 14.4. The molecule has 0 bridgehead atoms. The molecule has 0 fully saturated rings. The molecule has 2 aromatic heterocycles. The Hall–Kier alpha value is -7.16. The molecule has 0 unspecified atom stereocenters. The average Bonchev–Trinajstić information content (AvgIpc) is 3.77. The number of rotatable bonds is 5. The Kier molecular flexibility index (Phi) is 6.90. The van der Waals surface area contributed by atoms with Gasteiger partial charge in [-0.2, -0.15) is 0 Å². The van der Waals surface area contributed by atoms with Crippen LogP contribution in [0.25, 0.3) is 99.1 Å². The van der Waals surface area contributed by atoms with Crippen molar-refractivity contribution < 1.29 is 0 Å². The van der Waals surface area contributed by atoms with Gasteiger partial charge < -0.3 is 9.13 Å². The van der Waals surface area contributed by atoms with Crippen LogP contribution in [0.15, 0.2) is 206 Å². The maximum Gasteiger partial charge on any atom is 0.0641 e. The minimum Gasteiger partial charge on any atom is -0.309 e. The lowest BCUT2D eigenvalue weighted by Crippen LogP contribution is -1.95. The molecule has 11 rings (SSSR count). The Morgan fingerprint density at radius 3 is 1.43 bits per heavy atom. The Balaban J connectivity index is 1.06. The quantitative estimate of drug-likeness (QED) is 0.171. The monoisotopic (exact) mass is 686 g/mol. The first kappa shape index (κ1) is 30.5. The van der Waals surface area contributed by atoms with E-state index in [1.165, 1.54) is 87.8 Å². The molecule has 2 heteroatoms. The number of hydrogen-bond donors (Lipinski definition) is 0. The third-order valence-corrected chi connectivity index (χ3v) is 11.1. The Morgan fingerprint density at radius 1 is 0.259 bits per heavy atom. The van der Waals surface area contributed by atoms with E-state index in [0.29, 0.717) is 0 Å². The number of aromatic nitrogens is 2. The van der Waals surface area contributed by atoms with Crippen LogP contribution >= 0.6 is 0 Å². The fourth-order valence-electron chi connectivity index (χ4n) is 8.52. The third kappa shape index (κ3) is 4.81. The van der Waals surface area contributed by atoms with Crippen LogP contribution in [0.5, 0.6) is 0 Å². The highest BCUT2D eigenvalue weighted by Crippen LogP contribution is 2.42. The second kappa shape index (κ2) is 12.2. The van der Waals surface area contributed by atoms with Crippen molar-refractivity contribution in [3.8, 4) is 44.8 Å². The lowest BCUT2D eigenvalue weighted by molar-refractivity contribution is 1.17. The number of fused-ring (bicyclic) bond motifs is 8. The largest absolute Gasteiger partial charge is 0.309 e. The van der Waals surface area contributed by atoms with E-state index in [1.807, 2.05) is 0 Å². The van der Waals surface area contributed by atoms with Gasteiger partial charge >= 0.3 is 0 Å². The zero-order valence-corrected chi connectivity index (χ0v) is 29.5. The second-order valence-electron chi connectivity index (χ2n) is 14.2. The van der Waals surface area contributed by atoms with Gasteiger partial charge in [0.2, 0.25) is 0 Å². The molecule has 2 nitrogen and oxygen atoms in total. The van der Waals surface area contributed by atoms with Crippen molar-refractivity contribution in [2.45, 2.75) is 0 Å². The van der Waals surface area contributed by atoms with Crippen LogP contribution in [0.4, 0.5) is 0 Å². The molecule has 0 amide bonds. The van der Waals surface area contributed by atoms with Crippen molar-refractivity contribution in [1.82, 2.24) is 9.13 Å². The molecule has 11 aromatic rings. The van der Waals surface area contributed by atoms with Gasteiger partial charge in [-0.15, -0.1) is 0 Å². The molecule has 0 radical (unpaired) electrons. The smallest absolute Gasteiger partial charge is 0.0641 e. The fourth-order valence-corrected chi connectivity index (χ4v) is 8.52. The highest BCUT2D eigenvalue weighted by Gasteiger charge is 2.20. The van der Waals surface area contributed by atoms with Gasteiger partial charge in [0.25, 0.3) is 0 Å². The summed E-state index contributed by atoms with van der Waals surface area (Å²) >= 11 is 0. The number of nitrogens with zero attached hydrogens (tertiary/aromatic N) is 2. The lowest BCUT2D eigenvalue weighted by Gasteiger charge is -2.12. The average molecular weight is 687 g/mol. The summed E-state index contributed by atoms with van der Waals surface area (Å²) in [6, 6.07) is 75.1. The van der Waals surface area contributed by atoms with Crippen LogP contribution in [0.1, 0.15) is 0 Å². The minimum absolute atomic E-state index is 1.15. The first-order valence-corrected chi connectivity index (χ1v) is 18.6. The van der Waals surface area contributed by atoms with Gasteiger partial charge in [0.15, 0.2) is 0 Å². The van der Waals surface area contributed by atoms with Gasteiger partial charge in [-0.3, -0.25) is 0 Å². The highest BCUT2D eigenvalue weighted by molar-refractivity contribution is 6.26. The summed E-state index contributed by atoms with van der Waals surface area (Å²) in [6.07, 6.45) is 0. The van der Waals surface area contributed by atoms with Gasteiger partial charge in [-0.1, -0.05) is 158 Å². The van der Waals surface area contributed by atoms with E-state index in [2.05, 4.69) is 215 Å². The molecule has 0 aliphatic heterocycles. The van der Waals surface area contributed by atoms with Gasteiger partial charge in [0.05, 0.1) is 22.1 Å².